The molecule has 3 aromatic carbocycles. The molecule has 1 aliphatic rings. The maximum Gasteiger partial charge on any atom is 2.00 e. The standard InChI is InChI=1S/C41H44GeN2O.Pt/c1-26-17-29(37-24-31(13-15-43-37)41(6,7)8)22-32(19-26)45-33-20-27(2)18-30(23-33)39-38-34-12-11-28(25-40(3,4)5)21-36(34)42(9,10)35(38)14-16-44-39;/h11-21,24H,25H2,1-10H3;/q-2;+2. The number of aromatic nitrogens is 2. The van der Waals surface area contributed by atoms with Gasteiger partial charge in [-0.05, 0) is 17.0 Å². The van der Waals surface area contributed by atoms with Crippen molar-refractivity contribution < 1.29 is 25.8 Å². The Balaban J connectivity index is 0.00000417. The summed E-state index contributed by atoms with van der Waals surface area (Å²) in [6.07, 6.45) is 4.94. The SMILES string of the molecule is Cc1cc(Oc2[c-]c(-c3ncc[c]4c3-c3ccc(CC(C)(C)C)c[c]3[Ge]4([CH3])[CH3])cc(C)c2)[c-]c(-c2cc(C(C)(C)C)ccn2)c1.[Pt+2]. The van der Waals surface area contributed by atoms with Gasteiger partial charge in [0.25, 0.3) is 0 Å². The van der Waals surface area contributed by atoms with Crippen LogP contribution < -0.4 is 13.5 Å². The summed E-state index contributed by atoms with van der Waals surface area (Å²) in [5, 5.41) is 0. The number of benzene rings is 3. The molecule has 0 amide bonds. The first-order chi connectivity index (χ1) is 21.1. The number of fused-ring (bicyclic) bond motifs is 3. The minimum absolute atomic E-state index is 0. The molecule has 0 unspecified atom stereocenters. The van der Waals surface area contributed by atoms with Crippen LogP contribution in [-0.2, 0) is 32.9 Å². The van der Waals surface area contributed by atoms with Gasteiger partial charge >= 0.3 is 251 Å². The fraction of sp³-hybridized carbons (Fsp3) is 0.317. The summed E-state index contributed by atoms with van der Waals surface area (Å²) in [6, 6.07) is 29.1. The molecule has 238 valence electrons. The first kappa shape index (κ1) is 34.3. The molecular weight excluding hydrogens is 804 g/mol. The van der Waals surface area contributed by atoms with Gasteiger partial charge < -0.3 is 0 Å². The summed E-state index contributed by atoms with van der Waals surface area (Å²) in [4.78, 5) is 9.65. The van der Waals surface area contributed by atoms with Crippen molar-refractivity contribution in [3.63, 3.8) is 0 Å². The average molecular weight is 849 g/mol. The van der Waals surface area contributed by atoms with E-state index in [0.717, 1.165) is 40.1 Å². The van der Waals surface area contributed by atoms with Crippen molar-refractivity contribution in [1.82, 2.24) is 9.97 Å². The van der Waals surface area contributed by atoms with E-state index in [2.05, 4.69) is 133 Å². The van der Waals surface area contributed by atoms with Crippen molar-refractivity contribution in [1.29, 1.82) is 0 Å². The Morgan fingerprint density at radius 1 is 0.717 bits per heavy atom. The van der Waals surface area contributed by atoms with Gasteiger partial charge in [0.2, 0.25) is 0 Å². The zero-order valence-electron chi connectivity index (χ0n) is 28.8. The molecule has 0 spiro atoms. The molecule has 0 atom stereocenters. The quantitative estimate of drug-likeness (QED) is 0.131. The third-order valence-corrected chi connectivity index (χ3v) is 16.1. The number of aryl methyl sites for hydroxylation is 2. The van der Waals surface area contributed by atoms with E-state index in [4.69, 9.17) is 9.72 Å². The van der Waals surface area contributed by atoms with E-state index in [1.54, 1.807) is 4.40 Å². The molecule has 0 saturated carbocycles. The van der Waals surface area contributed by atoms with Crippen LogP contribution in [0.4, 0.5) is 0 Å². The van der Waals surface area contributed by atoms with Crippen molar-refractivity contribution in [3.8, 4) is 45.1 Å². The van der Waals surface area contributed by atoms with Gasteiger partial charge in [-0.3, -0.25) is 0 Å². The first-order valence-corrected chi connectivity index (χ1v) is 22.2. The molecule has 0 bridgehead atoms. The minimum atomic E-state index is -2.52. The van der Waals surface area contributed by atoms with E-state index >= 15 is 0 Å². The number of pyridine rings is 2. The van der Waals surface area contributed by atoms with Crippen LogP contribution in [0.3, 0.4) is 0 Å². The van der Waals surface area contributed by atoms with Crippen LogP contribution in [-0.4, -0.2) is 23.2 Å². The van der Waals surface area contributed by atoms with Crippen molar-refractivity contribution in [2.24, 2.45) is 5.41 Å². The van der Waals surface area contributed by atoms with Gasteiger partial charge in [0.1, 0.15) is 0 Å². The van der Waals surface area contributed by atoms with Gasteiger partial charge in [-0.25, -0.2) is 0 Å². The largest absolute Gasteiger partial charge is 2.00 e. The average Bonchev–Trinajstić information content (AvgIpc) is 3.17. The summed E-state index contributed by atoms with van der Waals surface area (Å²) in [5.74, 6) is 6.34. The van der Waals surface area contributed by atoms with Crippen LogP contribution in [0, 0.1) is 31.4 Å². The summed E-state index contributed by atoms with van der Waals surface area (Å²) < 4.78 is 9.54. The molecule has 3 nitrogen and oxygen atoms in total. The van der Waals surface area contributed by atoms with Crippen molar-refractivity contribution in [3.05, 3.63) is 107 Å². The molecule has 0 saturated heterocycles. The number of hydrogen-bond acceptors (Lipinski definition) is 3. The summed E-state index contributed by atoms with van der Waals surface area (Å²) in [7, 11) is 0. The normalized spacial score (nSPS) is 13.5. The van der Waals surface area contributed by atoms with Crippen molar-refractivity contribution >= 4 is 22.1 Å². The third kappa shape index (κ3) is 6.97. The predicted octanol–water partition coefficient (Wildman–Crippen LogP) is 9.51. The van der Waals surface area contributed by atoms with Crippen LogP contribution in [0.1, 0.15) is 63.8 Å². The van der Waals surface area contributed by atoms with Crippen LogP contribution in [0.15, 0.2) is 73.1 Å². The number of rotatable bonds is 5. The topological polar surface area (TPSA) is 35.0 Å². The van der Waals surface area contributed by atoms with E-state index in [1.165, 1.54) is 26.6 Å². The first-order valence-electron chi connectivity index (χ1n) is 15.9. The minimum Gasteiger partial charge on any atom is 2.00 e. The molecule has 0 N–H and O–H groups in total. The molecule has 6 rings (SSSR count). The number of ether oxygens (including phenoxy) is 1. The van der Waals surface area contributed by atoms with Crippen LogP contribution in [0.5, 0.6) is 11.5 Å². The maximum absolute atomic E-state index is 6.50. The van der Waals surface area contributed by atoms with Gasteiger partial charge in [0.05, 0.1) is 0 Å². The van der Waals surface area contributed by atoms with E-state index < -0.39 is 13.3 Å². The Hall–Kier alpha value is -3.01. The maximum atomic E-state index is 6.50. The number of hydrogen-bond donors (Lipinski definition) is 0. The van der Waals surface area contributed by atoms with E-state index in [1.807, 2.05) is 24.5 Å². The Bertz CT molecular complexity index is 1930. The van der Waals surface area contributed by atoms with E-state index in [9.17, 15) is 0 Å². The fourth-order valence-electron chi connectivity index (χ4n) is 6.55. The van der Waals surface area contributed by atoms with Gasteiger partial charge in [-0.15, -0.1) is 0 Å². The molecule has 5 aromatic rings. The second kappa shape index (κ2) is 12.5. The molecule has 46 heavy (non-hydrogen) atoms. The smallest absolute Gasteiger partial charge is 2.00 e. The zero-order chi connectivity index (χ0) is 32.3. The Morgan fingerprint density at radius 2 is 1.35 bits per heavy atom. The van der Waals surface area contributed by atoms with E-state index in [-0.39, 0.29) is 31.9 Å². The zero-order valence-corrected chi connectivity index (χ0v) is 33.1. The van der Waals surface area contributed by atoms with Crippen molar-refractivity contribution in [2.45, 2.75) is 78.7 Å². The molecule has 0 radical (unpaired) electrons. The fourth-order valence-corrected chi connectivity index (χ4v) is 13.0. The molecule has 3 heterocycles. The molecular formula is C41H44GeN2OPt. The van der Waals surface area contributed by atoms with Crippen molar-refractivity contribution in [2.75, 3.05) is 0 Å². The van der Waals surface area contributed by atoms with Crippen LogP contribution in [0.2, 0.25) is 11.5 Å². The monoisotopic (exact) mass is 849 g/mol. The predicted molar refractivity (Wildman–Crippen MR) is 191 cm³/mol. The Morgan fingerprint density at radius 3 is 2.00 bits per heavy atom. The summed E-state index contributed by atoms with van der Waals surface area (Å²) in [6.45, 7) is 17.8. The Labute approximate surface area is 292 Å². The molecule has 2 aromatic heterocycles. The van der Waals surface area contributed by atoms with Gasteiger partial charge in [0.15, 0.2) is 0 Å². The second-order valence-corrected chi connectivity index (χ2v) is 24.6. The number of nitrogens with zero attached hydrogens (tertiary/aromatic N) is 2. The van der Waals surface area contributed by atoms with Gasteiger partial charge in [-0.1, -0.05) is 20.8 Å². The van der Waals surface area contributed by atoms with E-state index in [0.29, 0.717) is 11.5 Å². The molecule has 0 aliphatic carbocycles. The second-order valence-electron chi connectivity index (χ2n) is 15.5. The molecule has 1 aliphatic heterocycles. The molecule has 5 heteroatoms. The van der Waals surface area contributed by atoms with Gasteiger partial charge in [0, 0.05) is 6.20 Å². The summed E-state index contributed by atoms with van der Waals surface area (Å²) >= 11 is -2.52. The third-order valence-electron chi connectivity index (χ3n) is 8.74. The molecule has 0 fully saturated rings. The van der Waals surface area contributed by atoms with Gasteiger partial charge in [-0.2, -0.15) is 0 Å². The Kier molecular flexibility index (Phi) is 9.36. The van der Waals surface area contributed by atoms with Crippen LogP contribution >= 0.6 is 0 Å². The van der Waals surface area contributed by atoms with Crippen LogP contribution in [0.25, 0.3) is 33.6 Å². The summed E-state index contributed by atoms with van der Waals surface area (Å²) in [5.41, 5.74) is 11.5.